The number of aliphatic hydroxyl groups excluding tert-OH is 1. The van der Waals surface area contributed by atoms with Gasteiger partial charge in [-0.15, -0.1) is 11.3 Å². The fourth-order valence-electron chi connectivity index (χ4n) is 3.81. The maximum Gasteiger partial charge on any atom is 0.416 e. The number of aromatic nitrogens is 3. The van der Waals surface area contributed by atoms with Gasteiger partial charge < -0.3 is 19.7 Å². The number of nitrogens with one attached hydrogen (secondary N) is 2. The highest BCUT2D eigenvalue weighted by atomic mass is 32.1. The molecule has 1 unspecified atom stereocenters. The highest BCUT2D eigenvalue weighted by Gasteiger charge is 2.33. The quantitative estimate of drug-likeness (QED) is 0.266. The van der Waals surface area contributed by atoms with Crippen molar-refractivity contribution in [2.24, 2.45) is 5.41 Å². The van der Waals surface area contributed by atoms with Gasteiger partial charge in [0.15, 0.2) is 11.2 Å². The molecule has 3 rings (SSSR count). The monoisotopic (exact) mass is 581 g/mol. The van der Waals surface area contributed by atoms with Crippen LogP contribution in [0.5, 0.6) is 0 Å². The number of amides is 2. The van der Waals surface area contributed by atoms with Gasteiger partial charge in [0.05, 0.1) is 30.2 Å². The lowest BCUT2D eigenvalue weighted by Gasteiger charge is -2.31. The Bertz CT molecular complexity index is 1240. The first-order valence-electron chi connectivity index (χ1n) is 12.8. The van der Waals surface area contributed by atoms with E-state index in [1.54, 1.807) is 16.1 Å². The van der Waals surface area contributed by atoms with E-state index in [1.807, 2.05) is 27.7 Å². The zero-order valence-electron chi connectivity index (χ0n) is 22.7. The maximum atomic E-state index is 12.9. The standard InChI is InChI=1S/C27H34F3N5O4S/c1-5-6-7-19(22(36)23(37)34-24-31-12-13-40-24)33-25(38)39-21(26(2,3)4)15-35-14-20(32-16-35)17-8-10-18(11-9-17)27(28,29)30/h8-14,16,19,21-22,36H,5-7,15H2,1-4H3,(H,33,38)(H,31,34,37)/t19-,21?,22-/m0/s1. The molecule has 0 spiro atoms. The van der Waals surface area contributed by atoms with Crippen molar-refractivity contribution in [1.29, 1.82) is 0 Å². The van der Waals surface area contributed by atoms with Crippen LogP contribution in [-0.4, -0.2) is 49.9 Å². The summed E-state index contributed by atoms with van der Waals surface area (Å²) < 4.78 is 46.1. The van der Waals surface area contributed by atoms with Crippen LogP contribution in [0.15, 0.2) is 48.4 Å². The lowest BCUT2D eigenvalue weighted by Crippen LogP contribution is -2.50. The number of alkyl halides is 3. The van der Waals surface area contributed by atoms with Crippen LogP contribution in [0.4, 0.5) is 23.1 Å². The molecule has 3 atom stereocenters. The Morgan fingerprint density at radius 3 is 2.42 bits per heavy atom. The number of unbranched alkanes of at least 4 members (excludes halogenated alkanes) is 1. The fraction of sp³-hybridized carbons (Fsp3) is 0.481. The molecule has 9 nitrogen and oxygen atoms in total. The molecule has 0 radical (unpaired) electrons. The first-order chi connectivity index (χ1) is 18.8. The molecule has 0 fully saturated rings. The highest BCUT2D eigenvalue weighted by Crippen LogP contribution is 2.31. The number of aliphatic hydroxyl groups is 1. The topological polar surface area (TPSA) is 118 Å². The molecule has 0 saturated carbocycles. The number of benzene rings is 1. The van der Waals surface area contributed by atoms with E-state index >= 15 is 0 Å². The molecular formula is C27H34F3N5O4S. The lowest BCUT2D eigenvalue weighted by atomic mass is 9.89. The van der Waals surface area contributed by atoms with Crippen molar-refractivity contribution in [2.75, 3.05) is 5.32 Å². The van der Waals surface area contributed by atoms with Gasteiger partial charge in [-0.25, -0.2) is 14.8 Å². The Kier molecular flexibility index (Phi) is 10.3. The average Bonchev–Trinajstić information content (AvgIpc) is 3.57. The van der Waals surface area contributed by atoms with E-state index < -0.39 is 47.4 Å². The van der Waals surface area contributed by atoms with E-state index in [0.717, 1.165) is 18.6 Å². The number of alkyl carbamates (subject to hydrolysis) is 1. The minimum Gasteiger partial charge on any atom is -0.444 e. The molecule has 0 saturated heterocycles. The van der Waals surface area contributed by atoms with E-state index in [-0.39, 0.29) is 6.54 Å². The number of halogens is 3. The highest BCUT2D eigenvalue weighted by molar-refractivity contribution is 7.13. The molecule has 0 bridgehead atoms. The van der Waals surface area contributed by atoms with Crippen LogP contribution in [0.2, 0.25) is 0 Å². The van der Waals surface area contributed by atoms with Crippen LogP contribution in [0, 0.1) is 5.41 Å². The molecule has 1 aromatic carbocycles. The van der Waals surface area contributed by atoms with Crippen molar-refractivity contribution in [1.82, 2.24) is 19.9 Å². The Balaban J connectivity index is 1.67. The maximum absolute atomic E-state index is 12.9. The summed E-state index contributed by atoms with van der Waals surface area (Å²) in [4.78, 5) is 33.8. The lowest BCUT2D eigenvalue weighted by molar-refractivity contribution is -0.137. The van der Waals surface area contributed by atoms with E-state index in [2.05, 4.69) is 20.6 Å². The summed E-state index contributed by atoms with van der Waals surface area (Å²) in [7, 11) is 0. The van der Waals surface area contributed by atoms with E-state index in [4.69, 9.17) is 4.74 Å². The normalized spacial score (nSPS) is 14.3. The van der Waals surface area contributed by atoms with Crippen LogP contribution in [0.25, 0.3) is 11.3 Å². The van der Waals surface area contributed by atoms with Crippen LogP contribution in [-0.2, 0) is 22.3 Å². The minimum atomic E-state index is -4.42. The number of carbonyl (C=O) groups excluding carboxylic acids is 2. The third kappa shape index (κ3) is 8.78. The van der Waals surface area contributed by atoms with Crippen LogP contribution >= 0.6 is 11.3 Å². The fourth-order valence-corrected chi connectivity index (χ4v) is 4.35. The number of rotatable bonds is 11. The van der Waals surface area contributed by atoms with Gasteiger partial charge in [0.2, 0.25) is 0 Å². The van der Waals surface area contributed by atoms with Gasteiger partial charge in [0.1, 0.15) is 6.10 Å². The van der Waals surface area contributed by atoms with Gasteiger partial charge in [-0.3, -0.25) is 10.1 Å². The Morgan fingerprint density at radius 2 is 1.85 bits per heavy atom. The van der Waals surface area contributed by atoms with Crippen LogP contribution in [0.3, 0.4) is 0 Å². The van der Waals surface area contributed by atoms with E-state index in [0.29, 0.717) is 29.2 Å². The minimum absolute atomic E-state index is 0.220. The largest absolute Gasteiger partial charge is 0.444 e. The summed E-state index contributed by atoms with van der Waals surface area (Å²) in [6.07, 6.45) is -0.851. The number of imidazole rings is 1. The Labute approximate surface area is 234 Å². The zero-order chi connectivity index (χ0) is 29.5. The molecule has 0 aliphatic rings. The van der Waals surface area contributed by atoms with Gasteiger partial charge in [0.25, 0.3) is 5.91 Å². The second-order valence-corrected chi connectivity index (χ2v) is 11.3. The van der Waals surface area contributed by atoms with Gasteiger partial charge in [-0.1, -0.05) is 52.7 Å². The molecule has 218 valence electrons. The first kappa shape index (κ1) is 31.1. The molecular weight excluding hydrogens is 547 g/mol. The third-order valence-corrected chi connectivity index (χ3v) is 6.91. The van der Waals surface area contributed by atoms with Gasteiger partial charge in [-0.2, -0.15) is 13.2 Å². The second kappa shape index (κ2) is 13.3. The number of hydrogen-bond donors (Lipinski definition) is 3. The third-order valence-electron chi connectivity index (χ3n) is 6.22. The number of carbonyl (C=O) groups is 2. The van der Waals surface area contributed by atoms with Crippen molar-refractivity contribution >= 4 is 28.5 Å². The predicted octanol–water partition coefficient (Wildman–Crippen LogP) is 5.72. The van der Waals surface area contributed by atoms with Crippen LogP contribution < -0.4 is 10.6 Å². The predicted molar refractivity (Wildman–Crippen MR) is 146 cm³/mol. The SMILES string of the molecule is CCCC[C@H](NC(=O)OC(Cn1cnc(-c2ccc(C(F)(F)F)cc2)c1)C(C)(C)C)[C@H](O)C(=O)Nc1nccs1. The number of ether oxygens (including phenoxy) is 1. The van der Waals surface area contributed by atoms with Crippen molar-refractivity contribution in [2.45, 2.75) is 77.9 Å². The van der Waals surface area contributed by atoms with E-state index in [9.17, 15) is 27.9 Å². The van der Waals surface area contributed by atoms with Gasteiger partial charge in [0, 0.05) is 28.8 Å². The van der Waals surface area contributed by atoms with Crippen molar-refractivity contribution < 1.29 is 32.6 Å². The summed E-state index contributed by atoms with van der Waals surface area (Å²) in [6.45, 7) is 7.85. The van der Waals surface area contributed by atoms with Crippen molar-refractivity contribution in [3.63, 3.8) is 0 Å². The second-order valence-electron chi connectivity index (χ2n) is 10.5. The number of hydrogen-bond acceptors (Lipinski definition) is 7. The summed E-state index contributed by atoms with van der Waals surface area (Å²) in [5, 5.41) is 17.9. The molecule has 0 aliphatic heterocycles. The molecule has 3 N–H and O–H groups in total. The molecule has 40 heavy (non-hydrogen) atoms. The number of anilines is 1. The van der Waals surface area contributed by atoms with E-state index in [1.165, 1.54) is 36.0 Å². The molecule has 2 aromatic heterocycles. The first-order valence-corrected chi connectivity index (χ1v) is 13.7. The van der Waals surface area contributed by atoms with Crippen LogP contribution in [0.1, 0.15) is 52.5 Å². The molecule has 2 amide bonds. The number of thiazole rings is 1. The molecule has 13 heteroatoms. The zero-order valence-corrected chi connectivity index (χ0v) is 23.6. The summed E-state index contributed by atoms with van der Waals surface area (Å²) in [6, 6.07) is 3.83. The average molecular weight is 582 g/mol. The van der Waals surface area contributed by atoms with Gasteiger partial charge >= 0.3 is 12.3 Å². The molecule has 0 aliphatic carbocycles. The van der Waals surface area contributed by atoms with Crippen molar-refractivity contribution in [3.05, 3.63) is 53.9 Å². The summed E-state index contributed by atoms with van der Waals surface area (Å²) in [5.74, 6) is -0.682. The molecule has 2 heterocycles. The molecule has 3 aromatic rings. The van der Waals surface area contributed by atoms with Gasteiger partial charge in [-0.05, 0) is 18.6 Å². The van der Waals surface area contributed by atoms with Crippen molar-refractivity contribution in [3.8, 4) is 11.3 Å². The smallest absolute Gasteiger partial charge is 0.416 e. The Hall–Kier alpha value is -3.45. The Morgan fingerprint density at radius 1 is 1.15 bits per heavy atom. The summed E-state index contributed by atoms with van der Waals surface area (Å²) >= 11 is 1.21. The number of nitrogens with zero attached hydrogens (tertiary/aromatic N) is 3. The summed E-state index contributed by atoms with van der Waals surface area (Å²) in [5.41, 5.74) is -0.261.